The quantitative estimate of drug-likeness (QED) is 0.434. The van der Waals surface area contributed by atoms with Gasteiger partial charge in [0.2, 0.25) is 0 Å². The predicted octanol–water partition coefficient (Wildman–Crippen LogP) is -2.08. The molecule has 0 spiro atoms. The zero-order valence-corrected chi connectivity index (χ0v) is 11.0. The predicted molar refractivity (Wildman–Crippen MR) is 34.6 cm³/mol. The number of hydrogen-bond donors (Lipinski definition) is 2. The molecule has 0 amide bonds. The molecule has 10 heavy (non-hydrogen) atoms. The molecule has 0 atom stereocenters. The van der Waals surface area contributed by atoms with Gasteiger partial charge in [-0.05, 0) is 0 Å². The summed E-state index contributed by atoms with van der Waals surface area (Å²) < 4.78 is 54.4. The monoisotopic (exact) mass is 357 g/mol. The van der Waals surface area contributed by atoms with Crippen molar-refractivity contribution in [2.45, 2.75) is 0 Å². The Balaban J connectivity index is 0. The van der Waals surface area contributed by atoms with E-state index in [-0.39, 0.29) is 25.8 Å². The van der Waals surface area contributed by atoms with E-state index in [1.165, 1.54) is 0 Å². The van der Waals surface area contributed by atoms with Crippen molar-refractivity contribution in [3.05, 3.63) is 0 Å². The molecule has 0 unspecified atom stereocenters. The van der Waals surface area contributed by atoms with Crippen molar-refractivity contribution in [3.8, 4) is 0 Å². The summed E-state index contributed by atoms with van der Waals surface area (Å²) in [6.07, 6.45) is 0. The smallest absolute Gasteiger partial charge is 0 e. The zero-order valence-electron chi connectivity index (χ0n) is 4.33. The summed E-state index contributed by atoms with van der Waals surface area (Å²) in [5, 5.41) is 0. The minimum atomic E-state index is -4.56. The molecule has 0 saturated heterocycles. The molecule has 59 valence electrons. The Kier molecular flexibility index (Phi) is 5.91. The maximum atomic E-state index is 9.69. The summed E-state index contributed by atoms with van der Waals surface area (Å²) in [6, 6.07) is 0. The SMILES string of the molecule is O=S(=O)(O)[Se]S(=O)(=O)O.[In]. The van der Waals surface area contributed by atoms with Gasteiger partial charge in [0.25, 0.3) is 0 Å². The summed E-state index contributed by atoms with van der Waals surface area (Å²) in [6.45, 7) is 0. The third-order valence-electron chi connectivity index (χ3n) is 0.172. The Morgan fingerprint density at radius 2 is 1.10 bits per heavy atom. The largest absolute Gasteiger partial charge is 0 e. The summed E-state index contributed by atoms with van der Waals surface area (Å²) in [5.74, 6) is 0. The van der Waals surface area contributed by atoms with E-state index >= 15 is 0 Å². The molecule has 0 aliphatic heterocycles. The van der Waals surface area contributed by atoms with Crippen molar-refractivity contribution >= 4 is 55.6 Å². The van der Waals surface area contributed by atoms with E-state index in [0.717, 1.165) is 0 Å². The Hall–Kier alpha value is 1.21. The number of rotatable bonds is 2. The van der Waals surface area contributed by atoms with Gasteiger partial charge in [0.05, 0.1) is 0 Å². The van der Waals surface area contributed by atoms with E-state index in [1.807, 2.05) is 0 Å². The number of hydrogen-bond acceptors (Lipinski definition) is 4. The molecule has 6 nitrogen and oxygen atoms in total. The van der Waals surface area contributed by atoms with Gasteiger partial charge in [-0.2, -0.15) is 0 Å². The second kappa shape index (κ2) is 4.29. The fourth-order valence-corrected chi connectivity index (χ4v) is 5.08. The molecule has 0 heterocycles. The molecular formula is H2InO6S2Se. The minimum Gasteiger partial charge on any atom is 0 e. The van der Waals surface area contributed by atoms with E-state index in [9.17, 15) is 16.8 Å². The second-order valence-electron chi connectivity index (χ2n) is 0.924. The molecule has 0 aliphatic carbocycles. The van der Waals surface area contributed by atoms with Gasteiger partial charge in [-0.15, -0.1) is 0 Å². The Morgan fingerprint density at radius 3 is 1.10 bits per heavy atom. The average molecular weight is 356 g/mol. The summed E-state index contributed by atoms with van der Waals surface area (Å²) in [4.78, 5) is 0. The van der Waals surface area contributed by atoms with Crippen molar-refractivity contribution in [1.29, 1.82) is 0 Å². The Bertz CT molecular complexity index is 241. The summed E-state index contributed by atoms with van der Waals surface area (Å²) in [5.41, 5.74) is 0. The van der Waals surface area contributed by atoms with Crippen molar-refractivity contribution in [2.24, 2.45) is 0 Å². The van der Waals surface area contributed by atoms with Crippen LogP contribution in [-0.2, 0) is 17.1 Å². The van der Waals surface area contributed by atoms with Crippen LogP contribution in [0.25, 0.3) is 0 Å². The normalized spacial score (nSPS) is 12.2. The van der Waals surface area contributed by atoms with E-state index < -0.39 is 29.8 Å². The summed E-state index contributed by atoms with van der Waals surface area (Å²) >= 11 is -2.19. The van der Waals surface area contributed by atoms with Crippen LogP contribution in [0.5, 0.6) is 0 Å². The van der Waals surface area contributed by atoms with Crippen LogP contribution in [0.2, 0.25) is 0 Å². The first kappa shape index (κ1) is 13.8. The molecule has 0 bridgehead atoms. The fraction of sp³-hybridized carbons (Fsp3) is 0. The van der Waals surface area contributed by atoms with Gasteiger partial charge in [-0.25, -0.2) is 0 Å². The van der Waals surface area contributed by atoms with Crippen LogP contribution in [-0.4, -0.2) is 64.5 Å². The molecule has 0 aromatic rings. The first-order chi connectivity index (χ1) is 3.71. The topological polar surface area (TPSA) is 109 Å². The average Bonchev–Trinajstić information content (AvgIpc) is 1.14. The zero-order chi connectivity index (χ0) is 7.71. The van der Waals surface area contributed by atoms with E-state index in [0.29, 0.717) is 0 Å². The van der Waals surface area contributed by atoms with E-state index in [1.54, 1.807) is 0 Å². The standard InChI is InChI=1S/In.H2O6S2Se/c;1-7(2,3)9-8(4,5)6/h;(H,1,2,3)(H,4,5,6). The third kappa shape index (κ3) is 11.9. The first-order valence-electron chi connectivity index (χ1n) is 1.37. The molecule has 2 N–H and O–H groups in total. The van der Waals surface area contributed by atoms with Gasteiger partial charge in [-0.3, -0.25) is 0 Å². The van der Waals surface area contributed by atoms with Gasteiger partial charge >= 0.3 is 55.7 Å². The van der Waals surface area contributed by atoms with Crippen LogP contribution in [0, 0.1) is 0 Å². The van der Waals surface area contributed by atoms with Crippen LogP contribution in [0.4, 0.5) is 0 Å². The molecule has 10 heteroatoms. The molecule has 0 fully saturated rings. The maximum absolute atomic E-state index is 9.69. The van der Waals surface area contributed by atoms with Gasteiger partial charge in [0, 0.05) is 25.8 Å². The van der Waals surface area contributed by atoms with Crippen LogP contribution in [0.1, 0.15) is 0 Å². The molecule has 0 rings (SSSR count). The Labute approximate surface area is 81.0 Å². The molecule has 0 saturated carbocycles. The molecule has 0 aromatic carbocycles. The second-order valence-corrected chi connectivity index (χ2v) is 11.1. The van der Waals surface area contributed by atoms with Crippen LogP contribution in [0.15, 0.2) is 0 Å². The van der Waals surface area contributed by atoms with Gasteiger partial charge in [0.15, 0.2) is 0 Å². The summed E-state index contributed by atoms with van der Waals surface area (Å²) in [7, 11) is -9.11. The molecule has 0 aromatic heterocycles. The molecular weight excluding hydrogens is 354 g/mol. The van der Waals surface area contributed by atoms with Crippen molar-refractivity contribution in [1.82, 2.24) is 0 Å². The van der Waals surface area contributed by atoms with Gasteiger partial charge in [0.1, 0.15) is 0 Å². The maximum Gasteiger partial charge on any atom is 0 e. The fourth-order valence-electron chi connectivity index (χ4n) is 0.109. The third-order valence-corrected chi connectivity index (χ3v) is 8.04. The van der Waals surface area contributed by atoms with E-state index in [4.69, 9.17) is 9.11 Å². The van der Waals surface area contributed by atoms with Crippen LogP contribution < -0.4 is 0 Å². The molecule has 3 radical (unpaired) electrons. The van der Waals surface area contributed by atoms with Crippen LogP contribution in [0.3, 0.4) is 0 Å². The van der Waals surface area contributed by atoms with Crippen molar-refractivity contribution < 1.29 is 25.9 Å². The van der Waals surface area contributed by atoms with Crippen molar-refractivity contribution in [2.75, 3.05) is 0 Å². The first-order valence-corrected chi connectivity index (χ1v) is 8.29. The Morgan fingerprint density at radius 1 is 0.900 bits per heavy atom. The van der Waals surface area contributed by atoms with Gasteiger partial charge in [-0.1, -0.05) is 0 Å². The van der Waals surface area contributed by atoms with Crippen molar-refractivity contribution in [3.63, 3.8) is 0 Å². The molecule has 0 aliphatic rings. The van der Waals surface area contributed by atoms with Crippen LogP contribution >= 0.6 is 0 Å². The van der Waals surface area contributed by atoms with E-state index in [2.05, 4.69) is 0 Å². The van der Waals surface area contributed by atoms with Gasteiger partial charge < -0.3 is 0 Å². The minimum absolute atomic E-state index is 0.